The Labute approximate surface area is 127 Å². The van der Waals surface area contributed by atoms with E-state index in [1.54, 1.807) is 6.07 Å². The third-order valence-electron chi connectivity index (χ3n) is 3.53. The maximum Gasteiger partial charge on any atom is 0.252 e. The van der Waals surface area contributed by atoms with Crippen LogP contribution in [0.5, 0.6) is 0 Å². The number of thiol groups is 1. The summed E-state index contributed by atoms with van der Waals surface area (Å²) in [7, 11) is 0. The first kappa shape index (κ1) is 14.9. The quantitative estimate of drug-likeness (QED) is 0.826. The lowest BCUT2D eigenvalue weighted by molar-refractivity contribution is 0.0538. The number of rotatable bonds is 3. The van der Waals surface area contributed by atoms with Gasteiger partial charge in [-0.1, -0.05) is 0 Å². The molecule has 19 heavy (non-hydrogen) atoms. The summed E-state index contributed by atoms with van der Waals surface area (Å²) in [6.45, 7) is 3.65. The lowest BCUT2D eigenvalue weighted by Gasteiger charge is -2.28. The van der Waals surface area contributed by atoms with E-state index < -0.39 is 0 Å². The van der Waals surface area contributed by atoms with E-state index in [0.29, 0.717) is 11.5 Å². The summed E-state index contributed by atoms with van der Waals surface area (Å²) in [6, 6.07) is 5.63. The summed E-state index contributed by atoms with van der Waals surface area (Å²) in [4.78, 5) is 13.0. The molecule has 1 unspecified atom stereocenters. The van der Waals surface area contributed by atoms with Crippen LogP contribution in [0.2, 0.25) is 0 Å². The molecule has 1 aromatic rings. The molecule has 1 N–H and O–H groups in total. The van der Waals surface area contributed by atoms with Gasteiger partial charge in [-0.3, -0.25) is 4.79 Å². The molecule has 1 fully saturated rings. The Hall–Kier alpha value is -0.520. The van der Waals surface area contributed by atoms with Crippen LogP contribution in [-0.4, -0.2) is 25.2 Å². The average molecular weight is 344 g/mol. The first-order chi connectivity index (χ1) is 9.08. The molecule has 5 heteroatoms. The van der Waals surface area contributed by atoms with Crippen LogP contribution in [0.3, 0.4) is 0 Å². The number of benzene rings is 1. The molecule has 1 atom stereocenters. The van der Waals surface area contributed by atoms with Crippen LogP contribution in [0, 0.1) is 5.92 Å². The highest BCUT2D eigenvalue weighted by Crippen LogP contribution is 2.22. The van der Waals surface area contributed by atoms with Crippen molar-refractivity contribution in [2.24, 2.45) is 5.92 Å². The van der Waals surface area contributed by atoms with Gasteiger partial charge in [0.2, 0.25) is 0 Å². The molecule has 1 aliphatic rings. The largest absolute Gasteiger partial charge is 0.381 e. The van der Waals surface area contributed by atoms with Crippen LogP contribution < -0.4 is 5.32 Å². The molecule has 0 bridgehead atoms. The summed E-state index contributed by atoms with van der Waals surface area (Å²) in [6.07, 6.45) is 2.02. The molecule has 0 radical (unpaired) electrons. The fourth-order valence-electron chi connectivity index (χ4n) is 2.31. The normalized spacial score (nSPS) is 18.1. The summed E-state index contributed by atoms with van der Waals surface area (Å²) in [5, 5.41) is 3.08. The molecule has 1 saturated heterocycles. The third kappa shape index (κ3) is 3.97. The first-order valence-electron chi connectivity index (χ1n) is 6.45. The van der Waals surface area contributed by atoms with Crippen LogP contribution in [-0.2, 0) is 4.74 Å². The maximum atomic E-state index is 12.3. The second kappa shape index (κ2) is 6.77. The van der Waals surface area contributed by atoms with Gasteiger partial charge in [0.25, 0.3) is 5.91 Å². The average Bonchev–Trinajstić information content (AvgIpc) is 2.42. The van der Waals surface area contributed by atoms with E-state index in [9.17, 15) is 4.79 Å². The highest BCUT2D eigenvalue weighted by atomic mass is 79.9. The summed E-state index contributed by atoms with van der Waals surface area (Å²) in [5.74, 6) is 0.442. The van der Waals surface area contributed by atoms with Gasteiger partial charge in [0.05, 0.1) is 5.56 Å². The minimum Gasteiger partial charge on any atom is -0.381 e. The van der Waals surface area contributed by atoms with Crippen molar-refractivity contribution < 1.29 is 9.53 Å². The van der Waals surface area contributed by atoms with Gasteiger partial charge in [-0.2, -0.15) is 0 Å². The van der Waals surface area contributed by atoms with Gasteiger partial charge in [0.1, 0.15) is 0 Å². The molecule has 0 aliphatic carbocycles. The lowest BCUT2D eigenvalue weighted by atomic mass is 9.93. The van der Waals surface area contributed by atoms with Crippen molar-refractivity contribution in [3.05, 3.63) is 28.2 Å². The molecule has 1 amide bonds. The predicted octanol–water partition coefficient (Wildman–Crippen LogP) is 3.28. The van der Waals surface area contributed by atoms with Crippen molar-refractivity contribution in [3.8, 4) is 0 Å². The van der Waals surface area contributed by atoms with E-state index >= 15 is 0 Å². The number of hydrogen-bond acceptors (Lipinski definition) is 3. The Kier molecular flexibility index (Phi) is 5.30. The van der Waals surface area contributed by atoms with Crippen LogP contribution in [0.4, 0.5) is 0 Å². The van der Waals surface area contributed by atoms with Crippen molar-refractivity contribution in [1.29, 1.82) is 0 Å². The van der Waals surface area contributed by atoms with Gasteiger partial charge in [-0.15, -0.1) is 12.6 Å². The Morgan fingerprint density at radius 2 is 2.16 bits per heavy atom. The summed E-state index contributed by atoms with van der Waals surface area (Å²) >= 11 is 7.67. The van der Waals surface area contributed by atoms with Crippen molar-refractivity contribution in [2.45, 2.75) is 30.7 Å². The maximum absolute atomic E-state index is 12.3. The van der Waals surface area contributed by atoms with E-state index in [-0.39, 0.29) is 11.9 Å². The van der Waals surface area contributed by atoms with Crippen LogP contribution >= 0.6 is 28.6 Å². The molecule has 104 valence electrons. The number of ether oxygens (including phenoxy) is 1. The monoisotopic (exact) mass is 343 g/mol. The molecule has 3 nitrogen and oxygen atoms in total. The number of halogens is 1. The standard InChI is InChI=1S/C14H18BrNO2S/c1-9(10-4-6-18-7-5-10)16-14(17)12-8-11(19)2-3-13(12)15/h2-3,8-10,19H,4-7H2,1H3,(H,16,17). The highest BCUT2D eigenvalue weighted by molar-refractivity contribution is 9.10. The first-order valence-corrected chi connectivity index (χ1v) is 7.69. The zero-order valence-electron chi connectivity index (χ0n) is 10.9. The second-order valence-corrected chi connectivity index (χ2v) is 6.25. The number of carbonyl (C=O) groups excluding carboxylic acids is 1. The molecular weight excluding hydrogens is 326 g/mol. The van der Waals surface area contributed by atoms with Gasteiger partial charge in [0, 0.05) is 28.6 Å². The van der Waals surface area contributed by atoms with E-state index in [4.69, 9.17) is 4.74 Å². The van der Waals surface area contributed by atoms with Crippen molar-refractivity contribution in [3.63, 3.8) is 0 Å². The molecule has 0 spiro atoms. The van der Waals surface area contributed by atoms with Crippen LogP contribution in [0.1, 0.15) is 30.1 Å². The van der Waals surface area contributed by atoms with E-state index in [1.807, 2.05) is 12.1 Å². The Balaban J connectivity index is 2.01. The van der Waals surface area contributed by atoms with Gasteiger partial charge in [-0.25, -0.2) is 0 Å². The topological polar surface area (TPSA) is 38.3 Å². The minimum atomic E-state index is -0.0539. The van der Waals surface area contributed by atoms with Gasteiger partial charge < -0.3 is 10.1 Å². The molecule has 1 heterocycles. The van der Waals surface area contributed by atoms with E-state index in [0.717, 1.165) is 35.4 Å². The van der Waals surface area contributed by atoms with Crippen molar-refractivity contribution in [2.75, 3.05) is 13.2 Å². The van der Waals surface area contributed by atoms with Gasteiger partial charge >= 0.3 is 0 Å². The highest BCUT2D eigenvalue weighted by Gasteiger charge is 2.22. The zero-order chi connectivity index (χ0) is 13.8. The number of carbonyl (C=O) groups is 1. The van der Waals surface area contributed by atoms with Gasteiger partial charge in [-0.05, 0) is 59.8 Å². The third-order valence-corrected chi connectivity index (χ3v) is 4.50. The second-order valence-electron chi connectivity index (χ2n) is 4.88. The summed E-state index contributed by atoms with van der Waals surface area (Å²) < 4.78 is 6.14. The van der Waals surface area contributed by atoms with E-state index in [1.165, 1.54) is 0 Å². The number of hydrogen-bond donors (Lipinski definition) is 2. The Morgan fingerprint density at radius 3 is 2.84 bits per heavy atom. The molecule has 0 aromatic heterocycles. The fourth-order valence-corrected chi connectivity index (χ4v) is 2.94. The molecule has 0 saturated carbocycles. The lowest BCUT2D eigenvalue weighted by Crippen LogP contribution is -2.40. The van der Waals surface area contributed by atoms with Crippen LogP contribution in [0.25, 0.3) is 0 Å². The fraction of sp³-hybridized carbons (Fsp3) is 0.500. The van der Waals surface area contributed by atoms with E-state index in [2.05, 4.69) is 40.8 Å². The molecule has 1 aromatic carbocycles. The Morgan fingerprint density at radius 1 is 1.47 bits per heavy atom. The predicted molar refractivity (Wildman–Crippen MR) is 81.9 cm³/mol. The summed E-state index contributed by atoms with van der Waals surface area (Å²) in [5.41, 5.74) is 0.631. The Bertz CT molecular complexity index is 461. The van der Waals surface area contributed by atoms with Crippen molar-refractivity contribution >= 4 is 34.5 Å². The smallest absolute Gasteiger partial charge is 0.252 e. The molecule has 2 rings (SSSR count). The molecule has 1 aliphatic heterocycles. The molecular formula is C14H18BrNO2S. The van der Waals surface area contributed by atoms with Crippen LogP contribution in [0.15, 0.2) is 27.6 Å². The van der Waals surface area contributed by atoms with Gasteiger partial charge in [0.15, 0.2) is 0 Å². The SMILES string of the molecule is CC(NC(=O)c1cc(S)ccc1Br)C1CCOCC1. The zero-order valence-corrected chi connectivity index (χ0v) is 13.3. The minimum absolute atomic E-state index is 0.0539. The number of amides is 1. The number of nitrogens with one attached hydrogen (secondary N) is 1. The van der Waals surface area contributed by atoms with Crippen molar-refractivity contribution in [1.82, 2.24) is 5.32 Å².